The van der Waals surface area contributed by atoms with Crippen molar-refractivity contribution in [3.8, 4) is 0 Å². The minimum atomic E-state index is -0.364. The van der Waals surface area contributed by atoms with Gasteiger partial charge in [-0.05, 0) is 49.2 Å². The van der Waals surface area contributed by atoms with Gasteiger partial charge in [-0.3, -0.25) is 0 Å². The number of fused-ring (bicyclic) bond motifs is 1. The van der Waals surface area contributed by atoms with Crippen molar-refractivity contribution in [1.29, 1.82) is 0 Å². The average Bonchev–Trinajstić information content (AvgIpc) is 2.53. The van der Waals surface area contributed by atoms with Crippen molar-refractivity contribution in [2.45, 2.75) is 19.9 Å². The summed E-state index contributed by atoms with van der Waals surface area (Å²) >= 11 is 6.31. The second-order valence-electron chi connectivity index (χ2n) is 5.62. The van der Waals surface area contributed by atoms with Crippen LogP contribution in [0.1, 0.15) is 24.1 Å². The van der Waals surface area contributed by atoms with Crippen LogP contribution in [0, 0.1) is 12.7 Å². The average molecular weight is 330 g/mol. The van der Waals surface area contributed by atoms with Crippen LogP contribution in [0.5, 0.6) is 0 Å². The van der Waals surface area contributed by atoms with Crippen LogP contribution in [-0.4, -0.2) is 4.98 Å². The summed E-state index contributed by atoms with van der Waals surface area (Å²) in [5.74, 6) is 0.175. The molecule has 0 unspecified atom stereocenters. The molecule has 3 aromatic rings. The van der Waals surface area contributed by atoms with Crippen molar-refractivity contribution >= 4 is 34.0 Å². The van der Waals surface area contributed by atoms with Crippen molar-refractivity contribution in [2.75, 3.05) is 5.32 Å². The summed E-state index contributed by atoms with van der Waals surface area (Å²) < 4.78 is 14.2. The fraction of sp³-hybridized carbons (Fsp3) is 0.167. The fourth-order valence-corrected chi connectivity index (χ4v) is 2.59. The Balaban J connectivity index is 1.97. The highest BCUT2D eigenvalue weighted by Gasteiger charge is 2.09. The number of aryl methyl sites for hydroxylation is 1. The minimum absolute atomic E-state index is 0.209. The number of anilines is 2. The molecule has 3 N–H and O–H groups in total. The van der Waals surface area contributed by atoms with Crippen LogP contribution >= 0.6 is 11.6 Å². The summed E-state index contributed by atoms with van der Waals surface area (Å²) in [6, 6.07) is 12.3. The van der Waals surface area contributed by atoms with Gasteiger partial charge in [0.15, 0.2) is 0 Å². The number of nitrogens with zero attached hydrogens (tertiary/aromatic N) is 1. The van der Waals surface area contributed by atoms with Crippen molar-refractivity contribution in [3.05, 3.63) is 64.4 Å². The Morgan fingerprint density at radius 3 is 2.61 bits per heavy atom. The highest BCUT2D eigenvalue weighted by Crippen LogP contribution is 2.28. The molecule has 0 aliphatic heterocycles. The van der Waals surface area contributed by atoms with Gasteiger partial charge in [0.2, 0.25) is 0 Å². The summed E-state index contributed by atoms with van der Waals surface area (Å²) in [6.45, 7) is 3.74. The molecule has 2 aromatic carbocycles. The summed E-state index contributed by atoms with van der Waals surface area (Å²) in [7, 11) is 0. The van der Waals surface area contributed by atoms with E-state index in [0.29, 0.717) is 22.0 Å². The molecule has 23 heavy (non-hydrogen) atoms. The first-order valence-corrected chi connectivity index (χ1v) is 7.71. The number of benzene rings is 2. The van der Waals surface area contributed by atoms with Crippen LogP contribution in [0.2, 0.25) is 5.02 Å². The van der Waals surface area contributed by atoms with Crippen LogP contribution in [0.3, 0.4) is 0 Å². The molecule has 0 saturated carbocycles. The quantitative estimate of drug-likeness (QED) is 0.703. The highest BCUT2D eigenvalue weighted by molar-refractivity contribution is 6.35. The summed E-state index contributed by atoms with van der Waals surface area (Å²) in [6.07, 6.45) is 0. The molecule has 0 aliphatic carbocycles. The van der Waals surface area contributed by atoms with Gasteiger partial charge in [0, 0.05) is 11.4 Å². The van der Waals surface area contributed by atoms with Gasteiger partial charge in [-0.25, -0.2) is 9.37 Å². The van der Waals surface area contributed by atoms with Gasteiger partial charge in [-0.15, -0.1) is 0 Å². The highest BCUT2D eigenvalue weighted by atomic mass is 35.5. The van der Waals surface area contributed by atoms with Crippen LogP contribution in [-0.2, 0) is 0 Å². The Hall–Kier alpha value is -2.17. The molecule has 1 aromatic heterocycles. The van der Waals surface area contributed by atoms with E-state index in [1.165, 1.54) is 6.07 Å². The summed E-state index contributed by atoms with van der Waals surface area (Å²) in [4.78, 5) is 4.50. The van der Waals surface area contributed by atoms with E-state index < -0.39 is 0 Å². The van der Waals surface area contributed by atoms with E-state index in [4.69, 9.17) is 17.3 Å². The largest absolute Gasteiger partial charge is 0.338 e. The lowest BCUT2D eigenvalue weighted by Gasteiger charge is -2.11. The monoisotopic (exact) mass is 329 g/mol. The van der Waals surface area contributed by atoms with E-state index >= 15 is 0 Å². The first-order valence-electron chi connectivity index (χ1n) is 7.33. The van der Waals surface area contributed by atoms with E-state index in [-0.39, 0.29) is 11.9 Å². The molecule has 0 saturated heterocycles. The molecule has 0 bridgehead atoms. The van der Waals surface area contributed by atoms with Crippen LogP contribution in [0.25, 0.3) is 10.9 Å². The maximum atomic E-state index is 14.2. The zero-order chi connectivity index (χ0) is 16.6. The predicted octanol–water partition coefficient (Wildman–Crippen LogP) is 5.10. The smallest absolute Gasteiger partial charge is 0.147 e. The molecule has 3 nitrogen and oxygen atoms in total. The second-order valence-corrected chi connectivity index (χ2v) is 6.00. The minimum Gasteiger partial charge on any atom is -0.338 e. The van der Waals surface area contributed by atoms with Crippen LogP contribution in [0.4, 0.5) is 15.9 Å². The lowest BCUT2D eigenvalue weighted by molar-refractivity contribution is 0.626. The Labute approximate surface area is 139 Å². The number of aromatic nitrogens is 1. The molecule has 0 amide bonds. The molecular weight excluding hydrogens is 313 g/mol. The predicted molar refractivity (Wildman–Crippen MR) is 93.8 cm³/mol. The number of pyridine rings is 1. The van der Waals surface area contributed by atoms with E-state index in [2.05, 4.69) is 10.3 Å². The maximum Gasteiger partial charge on any atom is 0.147 e. The van der Waals surface area contributed by atoms with Crippen LogP contribution in [0.15, 0.2) is 42.5 Å². The molecule has 0 radical (unpaired) electrons. The lowest BCUT2D eigenvalue weighted by Crippen LogP contribution is -2.06. The normalized spacial score (nSPS) is 12.4. The standard InChI is InChI=1S/C18H17ClFN3/c1-10-3-4-12-6-8-16(23-18(12)17(10)19)22-15-7-5-13(11(2)21)9-14(15)20/h3-9,11H,21H2,1-2H3,(H,22,23)/t11-/m0/s1. The van der Waals surface area contributed by atoms with Gasteiger partial charge in [0.05, 0.1) is 16.2 Å². The Morgan fingerprint density at radius 2 is 1.91 bits per heavy atom. The zero-order valence-electron chi connectivity index (χ0n) is 12.9. The fourth-order valence-electron chi connectivity index (χ4n) is 2.38. The molecule has 3 rings (SSSR count). The van der Waals surface area contributed by atoms with Gasteiger partial charge in [0.1, 0.15) is 11.6 Å². The number of hydrogen-bond donors (Lipinski definition) is 2. The third-order valence-corrected chi connectivity index (χ3v) is 4.25. The number of halogens is 2. The van der Waals surface area contributed by atoms with Crippen molar-refractivity contribution in [2.24, 2.45) is 5.73 Å². The molecule has 0 aliphatic rings. The Bertz CT molecular complexity index is 878. The van der Waals surface area contributed by atoms with E-state index in [1.54, 1.807) is 18.2 Å². The first-order chi connectivity index (χ1) is 11.0. The van der Waals surface area contributed by atoms with Gasteiger partial charge in [0.25, 0.3) is 0 Å². The molecular formula is C18H17ClFN3. The van der Waals surface area contributed by atoms with Crippen molar-refractivity contribution < 1.29 is 4.39 Å². The van der Waals surface area contributed by atoms with E-state index in [9.17, 15) is 4.39 Å². The van der Waals surface area contributed by atoms with Gasteiger partial charge in [-0.1, -0.05) is 29.8 Å². The SMILES string of the molecule is Cc1ccc2ccc(Nc3ccc([C@H](C)N)cc3F)nc2c1Cl. The molecule has 1 atom stereocenters. The van der Waals surface area contributed by atoms with E-state index in [1.807, 2.05) is 32.0 Å². The number of nitrogens with one attached hydrogen (secondary N) is 1. The number of rotatable bonds is 3. The number of hydrogen-bond acceptors (Lipinski definition) is 3. The molecule has 118 valence electrons. The molecule has 1 heterocycles. The van der Waals surface area contributed by atoms with Crippen molar-refractivity contribution in [3.63, 3.8) is 0 Å². The number of nitrogens with two attached hydrogens (primary N) is 1. The third kappa shape index (κ3) is 3.14. The van der Waals surface area contributed by atoms with Gasteiger partial charge in [-0.2, -0.15) is 0 Å². The maximum absolute atomic E-state index is 14.2. The van der Waals surface area contributed by atoms with Gasteiger partial charge >= 0.3 is 0 Å². The summed E-state index contributed by atoms with van der Waals surface area (Å²) in [5, 5.41) is 4.55. The Kier molecular flexibility index (Phi) is 4.20. The van der Waals surface area contributed by atoms with Gasteiger partial charge < -0.3 is 11.1 Å². The van der Waals surface area contributed by atoms with Crippen molar-refractivity contribution in [1.82, 2.24) is 4.98 Å². The second kappa shape index (κ2) is 6.14. The molecule has 0 spiro atoms. The molecule has 0 fully saturated rings. The summed E-state index contributed by atoms with van der Waals surface area (Å²) in [5.41, 5.74) is 8.52. The molecule has 5 heteroatoms. The van der Waals surface area contributed by atoms with Crippen LogP contribution < -0.4 is 11.1 Å². The van der Waals surface area contributed by atoms with E-state index in [0.717, 1.165) is 16.5 Å². The zero-order valence-corrected chi connectivity index (χ0v) is 13.7. The topological polar surface area (TPSA) is 50.9 Å². The lowest BCUT2D eigenvalue weighted by atomic mass is 10.1. The third-order valence-electron chi connectivity index (χ3n) is 3.78. The first kappa shape index (κ1) is 15.7. The Morgan fingerprint density at radius 1 is 1.17 bits per heavy atom.